The van der Waals surface area contributed by atoms with Gasteiger partial charge < -0.3 is 24.3 Å². The van der Waals surface area contributed by atoms with Gasteiger partial charge >= 0.3 is 0 Å². The van der Waals surface area contributed by atoms with Crippen molar-refractivity contribution in [3.05, 3.63) is 52.5 Å². The van der Waals surface area contributed by atoms with Gasteiger partial charge in [0.15, 0.2) is 0 Å². The van der Waals surface area contributed by atoms with Crippen molar-refractivity contribution in [2.24, 2.45) is 0 Å². The number of hydrogen-bond acceptors (Lipinski definition) is 5. The van der Waals surface area contributed by atoms with Crippen LogP contribution in [0.2, 0.25) is 5.02 Å². The first-order valence-electron chi connectivity index (χ1n) is 8.72. The predicted octanol–water partition coefficient (Wildman–Crippen LogP) is 3.45. The Labute approximate surface area is 163 Å². The Hall–Kier alpha value is -2.44. The zero-order chi connectivity index (χ0) is 19.2. The van der Waals surface area contributed by atoms with Gasteiger partial charge in [0.05, 0.1) is 24.3 Å². The van der Waals surface area contributed by atoms with Gasteiger partial charge in [-0.05, 0) is 30.7 Å². The van der Waals surface area contributed by atoms with E-state index in [4.69, 9.17) is 30.5 Å². The fourth-order valence-electron chi connectivity index (χ4n) is 2.43. The van der Waals surface area contributed by atoms with E-state index in [9.17, 15) is 4.79 Å². The van der Waals surface area contributed by atoms with E-state index in [1.54, 1.807) is 19.2 Å². The summed E-state index contributed by atoms with van der Waals surface area (Å²) in [5.41, 5.74) is 1.34. The Balaban J connectivity index is 1.76. The first-order valence-corrected chi connectivity index (χ1v) is 9.10. The van der Waals surface area contributed by atoms with Crippen molar-refractivity contribution in [3.63, 3.8) is 0 Å². The zero-order valence-electron chi connectivity index (χ0n) is 15.3. The summed E-state index contributed by atoms with van der Waals surface area (Å²) in [4.78, 5) is 12.3. The van der Waals surface area contributed by atoms with E-state index in [1.165, 1.54) is 0 Å². The molecular formula is C20H22ClNO5. The molecule has 144 valence electrons. The van der Waals surface area contributed by atoms with Crippen molar-refractivity contribution in [2.45, 2.75) is 19.6 Å². The Morgan fingerprint density at radius 2 is 1.96 bits per heavy atom. The molecule has 1 N–H and O–H groups in total. The quantitative estimate of drug-likeness (QED) is 0.663. The second kappa shape index (κ2) is 8.97. The summed E-state index contributed by atoms with van der Waals surface area (Å²) in [5.74, 6) is 1.41. The molecule has 2 aromatic carbocycles. The van der Waals surface area contributed by atoms with Gasteiger partial charge in [-0.3, -0.25) is 4.79 Å². The summed E-state index contributed by atoms with van der Waals surface area (Å²) >= 11 is 6.33. The lowest BCUT2D eigenvalue weighted by atomic mass is 10.1. The second-order valence-electron chi connectivity index (χ2n) is 6.04. The van der Waals surface area contributed by atoms with Crippen molar-refractivity contribution in [1.82, 2.24) is 5.32 Å². The smallest absolute Gasteiger partial charge is 0.255 e. The van der Waals surface area contributed by atoms with Gasteiger partial charge in [0.1, 0.15) is 36.6 Å². The molecule has 1 heterocycles. The Kier molecular flexibility index (Phi) is 6.42. The van der Waals surface area contributed by atoms with Gasteiger partial charge in [0.2, 0.25) is 0 Å². The highest BCUT2D eigenvalue weighted by Crippen LogP contribution is 2.34. The molecule has 0 aromatic heterocycles. The highest BCUT2D eigenvalue weighted by atomic mass is 35.5. The lowest BCUT2D eigenvalue weighted by molar-refractivity contribution is 0.0951. The van der Waals surface area contributed by atoms with E-state index in [0.717, 1.165) is 11.3 Å². The average molecular weight is 392 g/mol. The van der Waals surface area contributed by atoms with Crippen LogP contribution in [0.3, 0.4) is 0 Å². The molecule has 1 saturated heterocycles. The van der Waals surface area contributed by atoms with Crippen LogP contribution in [0.1, 0.15) is 22.8 Å². The summed E-state index contributed by atoms with van der Waals surface area (Å²) in [6.45, 7) is 3.74. The van der Waals surface area contributed by atoms with E-state index in [1.807, 2.05) is 31.2 Å². The van der Waals surface area contributed by atoms with Crippen LogP contribution in [-0.2, 0) is 11.3 Å². The lowest BCUT2D eigenvalue weighted by Gasteiger charge is -2.15. The molecule has 0 bridgehead atoms. The maximum atomic E-state index is 12.3. The number of ether oxygens (including phenoxy) is 4. The second-order valence-corrected chi connectivity index (χ2v) is 6.45. The number of methoxy groups -OCH3 is 1. The first kappa shape index (κ1) is 19.3. The van der Waals surface area contributed by atoms with Crippen LogP contribution in [0.5, 0.6) is 17.2 Å². The third-order valence-electron chi connectivity index (χ3n) is 4.00. The molecule has 0 unspecified atom stereocenters. The third-order valence-corrected chi connectivity index (χ3v) is 4.29. The molecule has 2 aromatic rings. The number of benzene rings is 2. The molecule has 1 aliphatic heterocycles. The predicted molar refractivity (Wildman–Crippen MR) is 102 cm³/mol. The third kappa shape index (κ3) is 5.28. The number of halogens is 1. The molecule has 1 fully saturated rings. The Morgan fingerprint density at radius 1 is 1.22 bits per heavy atom. The molecule has 1 amide bonds. The number of amides is 1. The lowest BCUT2D eigenvalue weighted by Crippen LogP contribution is -2.23. The minimum absolute atomic E-state index is 0.0754. The number of nitrogens with one attached hydrogen (secondary N) is 1. The van der Waals surface area contributed by atoms with Crippen LogP contribution in [0, 0.1) is 0 Å². The van der Waals surface area contributed by atoms with E-state index in [-0.39, 0.29) is 12.0 Å². The highest BCUT2D eigenvalue weighted by molar-refractivity contribution is 6.32. The monoisotopic (exact) mass is 391 g/mol. The normalized spacial score (nSPS) is 15.1. The fourth-order valence-corrected chi connectivity index (χ4v) is 2.65. The molecule has 1 atom stereocenters. The van der Waals surface area contributed by atoms with Crippen LogP contribution >= 0.6 is 11.6 Å². The standard InChI is InChI=1S/C20H22ClNO5/c1-3-22-20(23)16-8-17(21)19(9-18(16)27-12-15-11-25-15)26-10-13-4-6-14(24-2)7-5-13/h4-9,15H,3,10-12H2,1-2H3,(H,22,23)/t15-/m0/s1. The molecule has 7 heteroatoms. The van der Waals surface area contributed by atoms with E-state index in [2.05, 4.69) is 5.32 Å². The van der Waals surface area contributed by atoms with Gasteiger partial charge in [-0.15, -0.1) is 0 Å². The van der Waals surface area contributed by atoms with Crippen LogP contribution < -0.4 is 19.5 Å². The van der Waals surface area contributed by atoms with Crippen LogP contribution in [0.25, 0.3) is 0 Å². The van der Waals surface area contributed by atoms with Gasteiger partial charge in [0, 0.05) is 12.6 Å². The van der Waals surface area contributed by atoms with Crippen molar-refractivity contribution in [1.29, 1.82) is 0 Å². The molecule has 0 saturated carbocycles. The van der Waals surface area contributed by atoms with Gasteiger partial charge in [-0.1, -0.05) is 23.7 Å². The summed E-state index contributed by atoms with van der Waals surface area (Å²) < 4.78 is 21.9. The van der Waals surface area contributed by atoms with Gasteiger partial charge in [-0.2, -0.15) is 0 Å². The van der Waals surface area contributed by atoms with E-state index < -0.39 is 0 Å². The van der Waals surface area contributed by atoms with Crippen molar-refractivity contribution in [2.75, 3.05) is 26.9 Å². The van der Waals surface area contributed by atoms with Crippen molar-refractivity contribution in [3.8, 4) is 17.2 Å². The van der Waals surface area contributed by atoms with Crippen molar-refractivity contribution >= 4 is 17.5 Å². The zero-order valence-corrected chi connectivity index (χ0v) is 16.0. The van der Waals surface area contributed by atoms with E-state index >= 15 is 0 Å². The number of rotatable bonds is 9. The van der Waals surface area contributed by atoms with Crippen molar-refractivity contribution < 1.29 is 23.7 Å². The molecule has 1 aliphatic rings. The van der Waals surface area contributed by atoms with Gasteiger partial charge in [0.25, 0.3) is 5.91 Å². The molecule has 0 radical (unpaired) electrons. The Morgan fingerprint density at radius 3 is 2.59 bits per heavy atom. The largest absolute Gasteiger partial charge is 0.497 e. The highest BCUT2D eigenvalue weighted by Gasteiger charge is 2.25. The minimum Gasteiger partial charge on any atom is -0.497 e. The number of hydrogen-bond donors (Lipinski definition) is 1. The summed E-state index contributed by atoms with van der Waals surface area (Å²) in [7, 11) is 1.62. The fraction of sp³-hybridized carbons (Fsp3) is 0.350. The summed E-state index contributed by atoms with van der Waals surface area (Å²) in [5, 5.41) is 3.11. The van der Waals surface area contributed by atoms with Crippen LogP contribution in [0.4, 0.5) is 0 Å². The summed E-state index contributed by atoms with van der Waals surface area (Å²) in [6.07, 6.45) is 0.0754. The molecule has 27 heavy (non-hydrogen) atoms. The molecular weight excluding hydrogens is 370 g/mol. The molecule has 6 nitrogen and oxygen atoms in total. The number of carbonyl (C=O) groups excluding carboxylic acids is 1. The SMILES string of the molecule is CCNC(=O)c1cc(Cl)c(OCc2ccc(OC)cc2)cc1OC[C@@H]1CO1. The molecule has 0 aliphatic carbocycles. The van der Waals surface area contributed by atoms with E-state index in [0.29, 0.717) is 48.5 Å². The minimum atomic E-state index is -0.243. The molecule has 0 spiro atoms. The summed E-state index contributed by atoms with van der Waals surface area (Å²) in [6, 6.07) is 10.8. The van der Waals surface area contributed by atoms with Crippen LogP contribution in [0.15, 0.2) is 36.4 Å². The van der Waals surface area contributed by atoms with Gasteiger partial charge in [-0.25, -0.2) is 0 Å². The molecule has 3 rings (SSSR count). The number of epoxide rings is 1. The maximum absolute atomic E-state index is 12.3. The topological polar surface area (TPSA) is 69.3 Å². The number of carbonyl (C=O) groups is 1. The first-order chi connectivity index (χ1) is 13.1. The Bertz CT molecular complexity index is 790. The maximum Gasteiger partial charge on any atom is 0.255 e. The average Bonchev–Trinajstić information content (AvgIpc) is 3.51. The van der Waals surface area contributed by atoms with Crippen LogP contribution in [-0.4, -0.2) is 38.9 Å².